The lowest BCUT2D eigenvalue weighted by Gasteiger charge is -2.11. The number of aromatic nitrogens is 2. The Morgan fingerprint density at radius 3 is 2.19 bits per heavy atom. The highest BCUT2D eigenvalue weighted by molar-refractivity contribution is 7.90. The van der Waals surface area contributed by atoms with Crippen molar-refractivity contribution >= 4 is 27.0 Å². The number of rotatable bonds is 5. The second-order valence-electron chi connectivity index (χ2n) is 8.19. The number of sulfone groups is 1. The minimum atomic E-state index is -3.23. The second-order valence-corrected chi connectivity index (χ2v) is 10.2. The first kappa shape index (κ1) is 19.7. The van der Waals surface area contributed by atoms with Crippen LogP contribution in [0, 0.1) is 6.92 Å². The lowest BCUT2D eigenvalue weighted by atomic mass is 10.1. The molecule has 4 aromatic rings. The van der Waals surface area contributed by atoms with E-state index in [4.69, 9.17) is 4.98 Å². The third kappa shape index (κ3) is 3.57. The van der Waals surface area contributed by atoms with Crippen LogP contribution in [-0.2, 0) is 9.84 Å². The van der Waals surface area contributed by atoms with Gasteiger partial charge in [0.1, 0.15) is 6.29 Å². The fourth-order valence-electron chi connectivity index (χ4n) is 4.08. The molecule has 0 bridgehead atoms. The summed E-state index contributed by atoms with van der Waals surface area (Å²) in [5, 5.41) is 1.10. The Hall–Kier alpha value is -3.25. The summed E-state index contributed by atoms with van der Waals surface area (Å²) in [7, 11) is -3.23. The average molecular weight is 431 g/mol. The van der Waals surface area contributed by atoms with E-state index < -0.39 is 9.84 Å². The van der Waals surface area contributed by atoms with Gasteiger partial charge >= 0.3 is 0 Å². The van der Waals surface area contributed by atoms with Crippen LogP contribution in [0.5, 0.6) is 0 Å². The summed E-state index contributed by atoms with van der Waals surface area (Å²) in [5.41, 5.74) is 6.64. The van der Waals surface area contributed by atoms with E-state index in [0.29, 0.717) is 16.5 Å². The molecule has 0 unspecified atom stereocenters. The van der Waals surface area contributed by atoms with E-state index in [0.717, 1.165) is 58.2 Å². The molecule has 1 aliphatic carbocycles. The normalized spacial score (nSPS) is 14.1. The van der Waals surface area contributed by atoms with Gasteiger partial charge in [-0.1, -0.05) is 36.4 Å². The molecule has 2 aromatic heterocycles. The topological polar surface area (TPSA) is 69.0 Å². The number of nitrogens with zero attached hydrogens (tertiary/aromatic N) is 2. The van der Waals surface area contributed by atoms with Crippen LogP contribution in [-0.4, -0.2) is 30.5 Å². The Morgan fingerprint density at radius 2 is 1.61 bits per heavy atom. The van der Waals surface area contributed by atoms with Gasteiger partial charge in [0, 0.05) is 40.2 Å². The molecular formula is C25H22N2O3S. The van der Waals surface area contributed by atoms with Crippen LogP contribution in [0.4, 0.5) is 0 Å². The lowest BCUT2D eigenvalue weighted by Crippen LogP contribution is -1.99. The molecule has 0 N–H and O–H groups in total. The maximum absolute atomic E-state index is 11.8. The van der Waals surface area contributed by atoms with Crippen molar-refractivity contribution in [1.82, 2.24) is 9.55 Å². The molecule has 1 aliphatic rings. The van der Waals surface area contributed by atoms with Crippen molar-refractivity contribution in [2.45, 2.75) is 30.7 Å². The predicted molar refractivity (Wildman–Crippen MR) is 122 cm³/mol. The maximum atomic E-state index is 11.8. The smallest absolute Gasteiger partial charge is 0.175 e. The summed E-state index contributed by atoms with van der Waals surface area (Å²) in [5.74, 6) is 0. The molecule has 0 saturated heterocycles. The molecule has 0 atom stereocenters. The Balaban J connectivity index is 1.67. The first-order valence-electron chi connectivity index (χ1n) is 10.2. The Morgan fingerprint density at radius 1 is 0.968 bits per heavy atom. The van der Waals surface area contributed by atoms with Crippen LogP contribution in [0.2, 0.25) is 0 Å². The molecule has 0 spiro atoms. The van der Waals surface area contributed by atoms with Gasteiger partial charge in [-0.15, -0.1) is 0 Å². The molecule has 0 radical (unpaired) electrons. The molecule has 31 heavy (non-hydrogen) atoms. The molecule has 0 aliphatic heterocycles. The summed E-state index contributed by atoms with van der Waals surface area (Å²) < 4.78 is 26.0. The highest BCUT2D eigenvalue weighted by Gasteiger charge is 2.28. The van der Waals surface area contributed by atoms with E-state index in [1.807, 2.05) is 31.2 Å². The zero-order valence-corrected chi connectivity index (χ0v) is 18.2. The number of aryl methyl sites for hydroxylation is 1. The third-order valence-corrected chi connectivity index (χ3v) is 6.99. The van der Waals surface area contributed by atoms with Gasteiger partial charge in [0.15, 0.2) is 9.84 Å². The Labute approximate surface area is 181 Å². The SMILES string of the molecule is Cc1nc(-c2ccc(C=O)cc2)cc2c1cc(-c1ccc(S(C)(=O)=O)cc1)n2C1CC1. The minimum absolute atomic E-state index is 0.323. The van der Waals surface area contributed by atoms with Crippen molar-refractivity contribution in [2.24, 2.45) is 0 Å². The van der Waals surface area contributed by atoms with Gasteiger partial charge in [-0.3, -0.25) is 9.78 Å². The van der Waals surface area contributed by atoms with Gasteiger partial charge in [-0.05, 0) is 49.6 Å². The summed E-state index contributed by atoms with van der Waals surface area (Å²) in [6.45, 7) is 2.01. The summed E-state index contributed by atoms with van der Waals surface area (Å²) in [4.78, 5) is 16.1. The third-order valence-electron chi connectivity index (χ3n) is 5.86. The quantitative estimate of drug-likeness (QED) is 0.407. The molecule has 6 heteroatoms. The molecular weight excluding hydrogens is 408 g/mol. The average Bonchev–Trinajstić information content (AvgIpc) is 3.53. The van der Waals surface area contributed by atoms with Crippen LogP contribution < -0.4 is 0 Å². The van der Waals surface area contributed by atoms with E-state index >= 15 is 0 Å². The number of carbonyl (C=O) groups is 1. The van der Waals surface area contributed by atoms with Gasteiger partial charge in [0.25, 0.3) is 0 Å². The van der Waals surface area contributed by atoms with Crippen LogP contribution in [0.1, 0.15) is 34.9 Å². The number of aldehydes is 1. The largest absolute Gasteiger partial charge is 0.337 e. The monoisotopic (exact) mass is 430 g/mol. The lowest BCUT2D eigenvalue weighted by molar-refractivity contribution is 0.112. The number of hydrogen-bond donors (Lipinski definition) is 0. The van der Waals surface area contributed by atoms with Crippen molar-refractivity contribution in [1.29, 1.82) is 0 Å². The summed E-state index contributed by atoms with van der Waals surface area (Å²) in [6, 6.07) is 19.3. The summed E-state index contributed by atoms with van der Waals surface area (Å²) in [6.07, 6.45) is 4.32. The van der Waals surface area contributed by atoms with E-state index in [9.17, 15) is 13.2 Å². The number of benzene rings is 2. The van der Waals surface area contributed by atoms with Crippen molar-refractivity contribution in [3.63, 3.8) is 0 Å². The first-order chi connectivity index (χ1) is 14.8. The minimum Gasteiger partial charge on any atom is -0.337 e. The highest BCUT2D eigenvalue weighted by atomic mass is 32.2. The van der Waals surface area contributed by atoms with Gasteiger partial charge < -0.3 is 4.57 Å². The second kappa shape index (κ2) is 7.17. The zero-order chi connectivity index (χ0) is 21.8. The molecule has 5 nitrogen and oxygen atoms in total. The fourth-order valence-corrected chi connectivity index (χ4v) is 4.71. The van der Waals surface area contributed by atoms with Gasteiger partial charge in [0.05, 0.1) is 16.1 Å². The molecule has 1 saturated carbocycles. The molecule has 156 valence electrons. The van der Waals surface area contributed by atoms with Crippen LogP contribution in [0.15, 0.2) is 65.6 Å². The molecule has 2 aromatic carbocycles. The van der Waals surface area contributed by atoms with Crippen LogP contribution in [0.3, 0.4) is 0 Å². The van der Waals surface area contributed by atoms with Crippen molar-refractivity contribution in [3.05, 3.63) is 71.9 Å². The van der Waals surface area contributed by atoms with Crippen molar-refractivity contribution in [2.75, 3.05) is 6.26 Å². The zero-order valence-electron chi connectivity index (χ0n) is 17.4. The number of carbonyl (C=O) groups excluding carboxylic acids is 1. The standard InChI is InChI=1S/C25H22N2O3S/c1-16-22-13-24(19-7-11-21(12-8-19)31(2,29)30)27(20-9-10-20)25(22)14-23(26-16)18-5-3-17(15-28)4-6-18/h3-8,11-15,20H,9-10H2,1-2H3. The van der Waals surface area contributed by atoms with Gasteiger partial charge in [0.2, 0.25) is 0 Å². The summed E-state index contributed by atoms with van der Waals surface area (Å²) >= 11 is 0. The van der Waals surface area contributed by atoms with E-state index in [1.54, 1.807) is 24.3 Å². The van der Waals surface area contributed by atoms with Crippen LogP contribution in [0.25, 0.3) is 33.4 Å². The highest BCUT2D eigenvalue weighted by Crippen LogP contribution is 2.43. The number of hydrogen-bond acceptors (Lipinski definition) is 4. The molecule has 2 heterocycles. The van der Waals surface area contributed by atoms with E-state index in [-0.39, 0.29) is 0 Å². The van der Waals surface area contributed by atoms with E-state index in [2.05, 4.69) is 16.7 Å². The predicted octanol–water partition coefficient (Wildman–Crippen LogP) is 5.23. The van der Waals surface area contributed by atoms with Crippen LogP contribution >= 0.6 is 0 Å². The van der Waals surface area contributed by atoms with Gasteiger partial charge in [-0.25, -0.2) is 8.42 Å². The van der Waals surface area contributed by atoms with Crippen molar-refractivity contribution < 1.29 is 13.2 Å². The molecule has 0 amide bonds. The number of pyridine rings is 1. The fraction of sp³-hybridized carbons (Fsp3) is 0.200. The van der Waals surface area contributed by atoms with E-state index in [1.165, 1.54) is 6.26 Å². The van der Waals surface area contributed by atoms with Gasteiger partial charge in [-0.2, -0.15) is 0 Å². The number of fused-ring (bicyclic) bond motifs is 1. The molecule has 5 rings (SSSR count). The first-order valence-corrected chi connectivity index (χ1v) is 12.1. The Bertz CT molecular complexity index is 1410. The maximum Gasteiger partial charge on any atom is 0.175 e. The Kier molecular flexibility index (Phi) is 4.55. The van der Waals surface area contributed by atoms with Crippen molar-refractivity contribution in [3.8, 4) is 22.5 Å². The molecule has 1 fully saturated rings.